The fourth-order valence-electron chi connectivity index (χ4n) is 3.31. The quantitative estimate of drug-likeness (QED) is 0.406. The lowest BCUT2D eigenvalue weighted by Gasteiger charge is -2.28. The van der Waals surface area contributed by atoms with E-state index in [1.165, 1.54) is 7.05 Å². The molecule has 3 rings (SSSR count). The van der Waals surface area contributed by atoms with E-state index in [1.54, 1.807) is 78.9 Å². The number of hydrogen-bond acceptors (Lipinski definition) is 4. The predicted octanol–water partition coefficient (Wildman–Crippen LogP) is 3.56. The minimum Gasteiger partial charge on any atom is -0.326 e. The van der Waals surface area contributed by atoms with E-state index in [4.69, 9.17) is 17.3 Å². The Balaban J connectivity index is 1.83. The monoisotopic (exact) mass is 449 g/mol. The van der Waals surface area contributed by atoms with Gasteiger partial charge < -0.3 is 16.0 Å². The summed E-state index contributed by atoms with van der Waals surface area (Å²) in [4.78, 5) is 40.6. The van der Waals surface area contributed by atoms with E-state index < -0.39 is 29.7 Å². The summed E-state index contributed by atoms with van der Waals surface area (Å²) in [6.07, 6.45) is 0.243. The highest BCUT2D eigenvalue weighted by molar-refractivity contribution is 6.30. The Morgan fingerprint density at radius 3 is 2.06 bits per heavy atom. The fraction of sp³-hybridized carbons (Fsp3) is 0.160. The zero-order valence-corrected chi connectivity index (χ0v) is 18.3. The van der Waals surface area contributed by atoms with Crippen molar-refractivity contribution in [3.05, 3.63) is 101 Å². The van der Waals surface area contributed by atoms with Gasteiger partial charge in [0.1, 0.15) is 0 Å². The molecule has 0 aromatic heterocycles. The van der Waals surface area contributed by atoms with Gasteiger partial charge in [0.2, 0.25) is 5.91 Å². The molecule has 3 aromatic rings. The summed E-state index contributed by atoms with van der Waals surface area (Å²) >= 11 is 5.91. The number of likely N-dealkylation sites (N-methyl/N-ethyl adjacent to an activating group) is 1. The summed E-state index contributed by atoms with van der Waals surface area (Å²) in [5.41, 5.74) is 7.82. The highest BCUT2D eigenvalue weighted by Crippen LogP contribution is 2.15. The van der Waals surface area contributed by atoms with Crippen molar-refractivity contribution >= 4 is 34.9 Å². The van der Waals surface area contributed by atoms with E-state index in [2.05, 4.69) is 5.32 Å². The molecule has 0 spiro atoms. The highest BCUT2D eigenvalue weighted by Gasteiger charge is 2.36. The number of carbonyl (C=O) groups is 3. The Labute approximate surface area is 192 Å². The maximum Gasteiger partial charge on any atom is 0.255 e. The average molecular weight is 450 g/mol. The minimum atomic E-state index is -1.37. The molecular formula is C25H24ClN3O3. The molecule has 0 bridgehead atoms. The Morgan fingerprint density at radius 1 is 0.906 bits per heavy atom. The van der Waals surface area contributed by atoms with Gasteiger partial charge in [0, 0.05) is 23.3 Å². The molecule has 2 atom stereocenters. The molecule has 0 unspecified atom stereocenters. The highest BCUT2D eigenvalue weighted by atomic mass is 35.5. The number of para-hydroxylation sites is 1. The molecule has 0 aliphatic carbocycles. The summed E-state index contributed by atoms with van der Waals surface area (Å²) in [6.45, 7) is 0. The maximum absolute atomic E-state index is 13.2. The van der Waals surface area contributed by atoms with Crippen LogP contribution < -0.4 is 11.1 Å². The van der Waals surface area contributed by atoms with Gasteiger partial charge in [-0.3, -0.25) is 14.4 Å². The summed E-state index contributed by atoms with van der Waals surface area (Å²) in [7, 11) is 1.42. The minimum absolute atomic E-state index is 0.243. The van der Waals surface area contributed by atoms with Crippen LogP contribution in [0.2, 0.25) is 5.02 Å². The number of rotatable bonds is 8. The molecule has 0 saturated heterocycles. The van der Waals surface area contributed by atoms with Crippen LogP contribution in [0, 0.1) is 0 Å². The fourth-order valence-corrected chi connectivity index (χ4v) is 3.44. The first kappa shape index (κ1) is 23.2. The number of benzene rings is 3. The smallest absolute Gasteiger partial charge is 0.255 e. The van der Waals surface area contributed by atoms with Crippen molar-refractivity contribution in [2.45, 2.75) is 18.5 Å². The number of nitrogens with zero attached hydrogens (tertiary/aromatic N) is 1. The Bertz CT molecular complexity index is 1070. The molecule has 3 aromatic carbocycles. The van der Waals surface area contributed by atoms with Crippen molar-refractivity contribution in [2.24, 2.45) is 5.73 Å². The van der Waals surface area contributed by atoms with E-state index in [9.17, 15) is 14.4 Å². The van der Waals surface area contributed by atoms with Crippen LogP contribution in [0.1, 0.15) is 15.9 Å². The number of amides is 2. The van der Waals surface area contributed by atoms with E-state index >= 15 is 0 Å². The normalized spacial score (nSPS) is 12.5. The number of Topliss-reactive ketones (excluding diaryl/α,β-unsaturated/α-hetero) is 1. The number of carbonyl (C=O) groups excluding carboxylic acids is 3. The molecule has 3 N–H and O–H groups in total. The first-order valence-electron chi connectivity index (χ1n) is 10.1. The van der Waals surface area contributed by atoms with E-state index in [0.29, 0.717) is 16.3 Å². The van der Waals surface area contributed by atoms with Crippen LogP contribution in [0.4, 0.5) is 5.69 Å². The molecule has 164 valence electrons. The van der Waals surface area contributed by atoms with Gasteiger partial charge in [-0.15, -0.1) is 0 Å². The molecule has 7 heteroatoms. The van der Waals surface area contributed by atoms with Gasteiger partial charge in [-0.05, 0) is 36.2 Å². The Kier molecular flexibility index (Phi) is 7.76. The second-order valence-electron chi connectivity index (χ2n) is 7.37. The van der Waals surface area contributed by atoms with Crippen LogP contribution in [0.5, 0.6) is 0 Å². The first-order chi connectivity index (χ1) is 15.4. The number of nitrogens with two attached hydrogens (primary N) is 1. The van der Waals surface area contributed by atoms with Crippen LogP contribution >= 0.6 is 11.6 Å². The molecule has 0 fully saturated rings. The number of nitrogens with one attached hydrogen (secondary N) is 1. The molecule has 6 nitrogen and oxygen atoms in total. The zero-order chi connectivity index (χ0) is 23.1. The van der Waals surface area contributed by atoms with Gasteiger partial charge >= 0.3 is 0 Å². The Hall–Kier alpha value is -3.48. The van der Waals surface area contributed by atoms with Gasteiger partial charge in [-0.2, -0.15) is 0 Å². The summed E-state index contributed by atoms with van der Waals surface area (Å²) in [5.74, 6) is -1.62. The van der Waals surface area contributed by atoms with Crippen LogP contribution in [0.3, 0.4) is 0 Å². The third kappa shape index (κ3) is 5.81. The Morgan fingerprint density at radius 2 is 1.47 bits per heavy atom. The van der Waals surface area contributed by atoms with Gasteiger partial charge in [0.25, 0.3) is 5.91 Å². The lowest BCUT2D eigenvalue weighted by molar-refractivity contribution is -0.136. The number of ketones is 1. The summed E-state index contributed by atoms with van der Waals surface area (Å²) in [5, 5.41) is 3.29. The van der Waals surface area contributed by atoms with Gasteiger partial charge in [-0.25, -0.2) is 0 Å². The van der Waals surface area contributed by atoms with Gasteiger partial charge in [0.05, 0.1) is 6.04 Å². The van der Waals surface area contributed by atoms with Crippen LogP contribution in [0.15, 0.2) is 84.9 Å². The molecule has 0 saturated carbocycles. The van der Waals surface area contributed by atoms with E-state index in [-0.39, 0.29) is 6.42 Å². The molecule has 2 amide bonds. The van der Waals surface area contributed by atoms with Crippen molar-refractivity contribution < 1.29 is 14.4 Å². The molecule has 32 heavy (non-hydrogen) atoms. The van der Waals surface area contributed by atoms with Gasteiger partial charge in [0.15, 0.2) is 11.8 Å². The first-order valence-corrected chi connectivity index (χ1v) is 10.5. The van der Waals surface area contributed by atoms with Crippen molar-refractivity contribution in [3.63, 3.8) is 0 Å². The number of halogens is 1. The lowest BCUT2D eigenvalue weighted by Crippen LogP contribution is -2.54. The molecular weight excluding hydrogens is 426 g/mol. The second-order valence-corrected chi connectivity index (χ2v) is 7.81. The summed E-state index contributed by atoms with van der Waals surface area (Å²) in [6, 6.07) is 21.8. The zero-order valence-electron chi connectivity index (χ0n) is 17.6. The molecule has 0 radical (unpaired) electrons. The van der Waals surface area contributed by atoms with Crippen molar-refractivity contribution in [3.8, 4) is 0 Å². The molecule has 0 heterocycles. The van der Waals surface area contributed by atoms with Crippen LogP contribution in [0.25, 0.3) is 0 Å². The summed E-state index contributed by atoms with van der Waals surface area (Å²) < 4.78 is 0. The van der Waals surface area contributed by atoms with Crippen molar-refractivity contribution in [1.29, 1.82) is 0 Å². The third-order valence-corrected chi connectivity index (χ3v) is 5.27. The standard InChI is InChI=1S/C25H24ClN3O3/c1-29(25(32)21(27)16-17-12-14-19(26)15-13-17)22(23(30)18-8-4-2-5-9-18)24(31)28-20-10-6-3-7-11-20/h2-15,21-22H,16,27H2,1H3,(H,28,31)/t21-,22-/m0/s1. The maximum atomic E-state index is 13.2. The second kappa shape index (κ2) is 10.7. The lowest BCUT2D eigenvalue weighted by atomic mass is 10.00. The van der Waals surface area contributed by atoms with Crippen molar-refractivity contribution in [2.75, 3.05) is 12.4 Å². The average Bonchev–Trinajstić information content (AvgIpc) is 2.81. The van der Waals surface area contributed by atoms with Crippen LogP contribution in [-0.2, 0) is 16.0 Å². The van der Waals surface area contributed by atoms with E-state index in [1.807, 2.05) is 6.07 Å². The topological polar surface area (TPSA) is 92.5 Å². The number of hydrogen-bond donors (Lipinski definition) is 2. The third-order valence-electron chi connectivity index (χ3n) is 5.02. The SMILES string of the molecule is CN(C(=O)[C@@H](N)Cc1ccc(Cl)cc1)[C@H](C(=O)Nc1ccccc1)C(=O)c1ccccc1. The van der Waals surface area contributed by atoms with Crippen LogP contribution in [-0.4, -0.2) is 41.6 Å². The molecule has 0 aliphatic rings. The van der Waals surface area contributed by atoms with Gasteiger partial charge in [-0.1, -0.05) is 72.3 Å². The number of anilines is 1. The molecule has 0 aliphatic heterocycles. The van der Waals surface area contributed by atoms with E-state index in [0.717, 1.165) is 10.5 Å². The predicted molar refractivity (Wildman–Crippen MR) is 126 cm³/mol. The van der Waals surface area contributed by atoms with Crippen molar-refractivity contribution in [1.82, 2.24) is 4.90 Å². The largest absolute Gasteiger partial charge is 0.326 e.